The Morgan fingerprint density at radius 2 is 1.50 bits per heavy atom. The van der Waals surface area contributed by atoms with E-state index in [9.17, 15) is 14.4 Å². The Morgan fingerprint density at radius 1 is 0.800 bits per heavy atom. The Kier molecular flexibility index (Phi) is 11.8. The highest BCUT2D eigenvalue weighted by molar-refractivity contribution is 5.94. The van der Waals surface area contributed by atoms with Gasteiger partial charge < -0.3 is 30.7 Å². The van der Waals surface area contributed by atoms with E-state index in [2.05, 4.69) is 15.5 Å². The highest BCUT2D eigenvalue weighted by Gasteiger charge is 2.08. The number of nitrogens with two attached hydrogens (primary N) is 1. The molecule has 0 spiro atoms. The summed E-state index contributed by atoms with van der Waals surface area (Å²) in [4.78, 5) is 36.8. The molecule has 3 rings (SSSR count). The average Bonchev–Trinajstić information content (AvgIpc) is 2.94. The van der Waals surface area contributed by atoms with Crippen molar-refractivity contribution in [1.29, 1.82) is 0 Å². The molecule has 0 aliphatic heterocycles. The van der Waals surface area contributed by atoms with Crippen LogP contribution in [0.1, 0.15) is 43.0 Å². The van der Waals surface area contributed by atoms with Gasteiger partial charge in [-0.3, -0.25) is 9.59 Å². The maximum Gasteiger partial charge on any atom is 0.412 e. The van der Waals surface area contributed by atoms with E-state index in [1.54, 1.807) is 36.4 Å². The van der Waals surface area contributed by atoms with Crippen LogP contribution in [0.15, 0.2) is 72.8 Å². The fourth-order valence-corrected chi connectivity index (χ4v) is 4.03. The molecule has 0 aliphatic rings. The van der Waals surface area contributed by atoms with Gasteiger partial charge in [-0.25, -0.2) is 4.79 Å². The molecule has 9 nitrogen and oxygen atoms in total. The second kappa shape index (κ2) is 15.8. The van der Waals surface area contributed by atoms with Crippen LogP contribution in [0.3, 0.4) is 0 Å². The number of hydrogen-bond acceptors (Lipinski definition) is 6. The summed E-state index contributed by atoms with van der Waals surface area (Å²) in [6, 6.07) is 22.0. The lowest BCUT2D eigenvalue weighted by Crippen LogP contribution is -2.31. The Bertz CT molecular complexity index is 1280. The SMILES string of the molecule is CC(=O)NCCN(C)c1cccc(OCCCCCCNC(=O)Oc2cccc(-c3cccc(C(N)=O)c3)c2)c1. The summed E-state index contributed by atoms with van der Waals surface area (Å²) in [6.07, 6.45) is 3.19. The highest BCUT2D eigenvalue weighted by atomic mass is 16.6. The van der Waals surface area contributed by atoms with Crippen LogP contribution in [0.5, 0.6) is 11.5 Å². The number of nitrogens with zero attached hydrogens (tertiary/aromatic N) is 1. The lowest BCUT2D eigenvalue weighted by atomic mass is 10.0. The number of hydrogen-bond donors (Lipinski definition) is 3. The van der Waals surface area contributed by atoms with Crippen molar-refractivity contribution in [3.63, 3.8) is 0 Å². The Labute approximate surface area is 235 Å². The largest absolute Gasteiger partial charge is 0.494 e. The van der Waals surface area contributed by atoms with E-state index in [0.717, 1.165) is 48.2 Å². The third-order valence-corrected chi connectivity index (χ3v) is 6.21. The maximum absolute atomic E-state index is 12.2. The number of anilines is 1. The minimum Gasteiger partial charge on any atom is -0.494 e. The first-order valence-corrected chi connectivity index (χ1v) is 13.5. The van der Waals surface area contributed by atoms with E-state index in [1.807, 2.05) is 43.4 Å². The minimum atomic E-state index is -0.506. The number of benzene rings is 3. The summed E-state index contributed by atoms with van der Waals surface area (Å²) in [7, 11) is 1.98. The fourth-order valence-electron chi connectivity index (χ4n) is 4.03. The number of primary amides is 1. The zero-order valence-electron chi connectivity index (χ0n) is 23.2. The topological polar surface area (TPSA) is 123 Å². The van der Waals surface area contributed by atoms with Crippen molar-refractivity contribution in [2.24, 2.45) is 5.73 Å². The molecule has 40 heavy (non-hydrogen) atoms. The highest BCUT2D eigenvalue weighted by Crippen LogP contribution is 2.25. The van der Waals surface area contributed by atoms with Crippen LogP contribution in [0.2, 0.25) is 0 Å². The molecule has 0 fully saturated rings. The molecule has 4 N–H and O–H groups in total. The maximum atomic E-state index is 12.2. The summed E-state index contributed by atoms with van der Waals surface area (Å²) in [5, 5.41) is 5.59. The van der Waals surface area contributed by atoms with Gasteiger partial charge in [0.1, 0.15) is 11.5 Å². The van der Waals surface area contributed by atoms with Gasteiger partial charge in [-0.15, -0.1) is 0 Å². The minimum absolute atomic E-state index is 0.0330. The first kappa shape index (κ1) is 30.0. The van der Waals surface area contributed by atoms with Crippen LogP contribution >= 0.6 is 0 Å². The molecule has 0 heterocycles. The predicted molar refractivity (Wildman–Crippen MR) is 157 cm³/mol. The number of carbonyl (C=O) groups excluding carboxylic acids is 3. The molecular weight excluding hydrogens is 508 g/mol. The molecule has 0 saturated heterocycles. The van der Waals surface area contributed by atoms with Gasteiger partial charge in [-0.2, -0.15) is 0 Å². The van der Waals surface area contributed by atoms with Gasteiger partial charge >= 0.3 is 6.09 Å². The van der Waals surface area contributed by atoms with Gasteiger partial charge in [0, 0.05) is 50.9 Å². The second-order valence-electron chi connectivity index (χ2n) is 9.45. The van der Waals surface area contributed by atoms with Gasteiger partial charge in [-0.1, -0.05) is 43.2 Å². The van der Waals surface area contributed by atoms with Gasteiger partial charge in [0.2, 0.25) is 11.8 Å². The lowest BCUT2D eigenvalue weighted by molar-refractivity contribution is -0.118. The molecule has 9 heteroatoms. The normalized spacial score (nSPS) is 10.4. The molecular formula is C31H38N4O5. The van der Waals surface area contributed by atoms with Gasteiger partial charge in [0.05, 0.1) is 6.61 Å². The Balaban J connectivity index is 1.30. The molecule has 3 aromatic rings. The van der Waals surface area contributed by atoms with E-state index < -0.39 is 12.0 Å². The number of nitrogens with one attached hydrogen (secondary N) is 2. The summed E-state index contributed by atoms with van der Waals surface area (Å²) in [5.74, 6) is 0.707. The number of amides is 3. The third-order valence-electron chi connectivity index (χ3n) is 6.21. The van der Waals surface area contributed by atoms with Crippen LogP contribution in [0.4, 0.5) is 10.5 Å². The smallest absolute Gasteiger partial charge is 0.412 e. The quantitative estimate of drug-likeness (QED) is 0.236. The van der Waals surface area contributed by atoms with Crippen molar-refractivity contribution in [1.82, 2.24) is 10.6 Å². The van der Waals surface area contributed by atoms with E-state index in [0.29, 0.717) is 37.6 Å². The second-order valence-corrected chi connectivity index (χ2v) is 9.45. The summed E-state index contributed by atoms with van der Waals surface area (Å²) in [5.41, 5.74) is 8.45. The lowest BCUT2D eigenvalue weighted by Gasteiger charge is -2.20. The molecule has 0 unspecified atom stereocenters. The van der Waals surface area contributed by atoms with Gasteiger partial charge in [-0.05, 0) is 60.4 Å². The average molecular weight is 547 g/mol. The molecule has 212 valence electrons. The molecule has 0 radical (unpaired) electrons. The number of rotatable bonds is 15. The zero-order chi connectivity index (χ0) is 28.7. The van der Waals surface area contributed by atoms with Crippen LogP contribution in [0, 0.1) is 0 Å². The van der Waals surface area contributed by atoms with Crippen LogP contribution < -0.4 is 30.7 Å². The summed E-state index contributed by atoms with van der Waals surface area (Å²) in [6.45, 7) is 3.95. The van der Waals surface area contributed by atoms with E-state index >= 15 is 0 Å². The molecule has 0 aromatic heterocycles. The molecule has 0 bridgehead atoms. The molecule has 3 amide bonds. The van der Waals surface area contributed by atoms with Crippen molar-refractivity contribution in [2.45, 2.75) is 32.6 Å². The predicted octanol–water partition coefficient (Wildman–Crippen LogP) is 4.75. The van der Waals surface area contributed by atoms with Gasteiger partial charge in [0.25, 0.3) is 0 Å². The van der Waals surface area contributed by atoms with Crippen molar-refractivity contribution < 1.29 is 23.9 Å². The zero-order valence-corrected chi connectivity index (χ0v) is 23.2. The Morgan fingerprint density at radius 3 is 2.27 bits per heavy atom. The fraction of sp³-hybridized carbons (Fsp3) is 0.323. The van der Waals surface area contributed by atoms with Crippen molar-refractivity contribution in [3.05, 3.63) is 78.4 Å². The molecule has 3 aromatic carbocycles. The number of carbonyl (C=O) groups is 3. The third kappa shape index (κ3) is 10.3. The summed E-state index contributed by atoms with van der Waals surface area (Å²) >= 11 is 0. The van der Waals surface area contributed by atoms with Gasteiger partial charge in [0.15, 0.2) is 0 Å². The van der Waals surface area contributed by atoms with E-state index in [4.69, 9.17) is 15.2 Å². The Hall–Kier alpha value is -4.53. The van der Waals surface area contributed by atoms with Crippen LogP contribution in [-0.4, -0.2) is 51.2 Å². The first-order chi connectivity index (χ1) is 19.3. The van der Waals surface area contributed by atoms with Crippen molar-refractivity contribution in [2.75, 3.05) is 38.2 Å². The number of ether oxygens (including phenoxy) is 2. The van der Waals surface area contributed by atoms with E-state index in [-0.39, 0.29) is 5.91 Å². The number of unbranched alkanes of at least 4 members (excludes halogenated alkanes) is 3. The first-order valence-electron chi connectivity index (χ1n) is 13.5. The van der Waals surface area contributed by atoms with Crippen LogP contribution in [-0.2, 0) is 4.79 Å². The molecule has 0 atom stereocenters. The van der Waals surface area contributed by atoms with E-state index in [1.165, 1.54) is 6.92 Å². The van der Waals surface area contributed by atoms with Crippen molar-refractivity contribution >= 4 is 23.6 Å². The standard InChI is InChI=1S/C31H38N4O5/c1-23(36)33-17-18-35(2)27-13-9-14-28(22-27)39-19-6-4-3-5-16-34-31(38)40-29-15-8-11-25(21-29)24-10-7-12-26(20-24)30(32)37/h7-15,20-22H,3-6,16-19H2,1-2H3,(H2,32,37)(H,33,36)(H,34,38). The monoisotopic (exact) mass is 546 g/mol. The molecule has 0 saturated carbocycles. The van der Waals surface area contributed by atoms with Crippen molar-refractivity contribution in [3.8, 4) is 22.6 Å². The van der Waals surface area contributed by atoms with Crippen LogP contribution in [0.25, 0.3) is 11.1 Å². The summed E-state index contributed by atoms with van der Waals surface area (Å²) < 4.78 is 11.3. The number of likely N-dealkylation sites (N-methyl/N-ethyl adjacent to an activating group) is 1. The molecule has 0 aliphatic carbocycles.